The van der Waals surface area contributed by atoms with Gasteiger partial charge in [-0.05, 0) is 29.8 Å². The maximum absolute atomic E-state index is 12.0. The van der Waals surface area contributed by atoms with E-state index in [1.807, 2.05) is 0 Å². The summed E-state index contributed by atoms with van der Waals surface area (Å²) in [4.78, 5) is 23.8. The molecule has 0 aliphatic rings. The Morgan fingerprint density at radius 2 is 1.92 bits per heavy atom. The van der Waals surface area contributed by atoms with Crippen molar-refractivity contribution in [3.05, 3.63) is 64.7 Å². The Labute approximate surface area is 147 Å². The van der Waals surface area contributed by atoms with E-state index in [-0.39, 0.29) is 0 Å². The van der Waals surface area contributed by atoms with Crippen LogP contribution in [0.5, 0.6) is 0 Å². The average Bonchev–Trinajstić information content (AvgIpc) is 2.54. The van der Waals surface area contributed by atoms with Crippen molar-refractivity contribution < 1.29 is 18.5 Å². The van der Waals surface area contributed by atoms with E-state index in [1.165, 1.54) is 0 Å². The fourth-order valence-electron chi connectivity index (χ4n) is 1.99. The number of halogens is 1. The third kappa shape index (κ3) is 5.47. The van der Waals surface area contributed by atoms with Gasteiger partial charge in [-0.1, -0.05) is 35.9 Å². The third-order valence-corrected chi connectivity index (χ3v) is 4.08. The highest BCUT2D eigenvalue weighted by molar-refractivity contribution is 7.83. The molecule has 0 heterocycles. The molecule has 1 atom stereocenters. The van der Waals surface area contributed by atoms with Gasteiger partial charge in [-0.2, -0.15) is 0 Å². The van der Waals surface area contributed by atoms with Gasteiger partial charge in [-0.15, -0.1) is 0 Å². The summed E-state index contributed by atoms with van der Waals surface area (Å²) in [5.74, 6) is -0.746. The number of hydrogen-bond acceptors (Lipinski definition) is 4. The van der Waals surface area contributed by atoms with Crippen LogP contribution in [0.3, 0.4) is 0 Å². The van der Waals surface area contributed by atoms with Gasteiger partial charge in [0.15, 0.2) is 6.61 Å². The van der Waals surface area contributed by atoms with E-state index >= 15 is 0 Å². The van der Waals surface area contributed by atoms with Gasteiger partial charge in [-0.25, -0.2) is 4.79 Å². The van der Waals surface area contributed by atoms with Gasteiger partial charge in [0.25, 0.3) is 5.91 Å². The van der Waals surface area contributed by atoms with Crippen LogP contribution in [-0.2, 0) is 26.1 Å². The molecule has 0 fully saturated rings. The molecule has 5 nitrogen and oxygen atoms in total. The molecule has 0 saturated heterocycles. The maximum Gasteiger partial charge on any atom is 0.338 e. The van der Waals surface area contributed by atoms with Gasteiger partial charge < -0.3 is 10.1 Å². The fraction of sp³-hybridized carbons (Fsp3) is 0.176. The van der Waals surface area contributed by atoms with E-state index < -0.39 is 29.3 Å². The van der Waals surface area contributed by atoms with Gasteiger partial charge in [0.05, 0.1) is 16.3 Å². The number of rotatable bonds is 6. The number of ether oxygens (including phenoxy) is 1. The topological polar surface area (TPSA) is 72.5 Å². The highest BCUT2D eigenvalue weighted by Gasteiger charge is 2.12. The quantitative estimate of drug-likeness (QED) is 0.799. The van der Waals surface area contributed by atoms with Crippen LogP contribution in [-0.4, -0.2) is 28.9 Å². The zero-order valence-electron chi connectivity index (χ0n) is 13.0. The Morgan fingerprint density at radius 3 is 2.62 bits per heavy atom. The molecule has 0 aliphatic heterocycles. The summed E-state index contributed by atoms with van der Waals surface area (Å²) >= 11 is 5.94. The molecule has 0 aliphatic carbocycles. The molecule has 0 spiro atoms. The number of para-hydroxylation sites is 1. The average molecular weight is 366 g/mol. The molecule has 0 aromatic heterocycles. The van der Waals surface area contributed by atoms with Crippen molar-refractivity contribution in [2.75, 3.05) is 18.2 Å². The first-order valence-corrected chi connectivity index (χ1v) is 9.16. The molecule has 2 aromatic rings. The minimum absolute atomic E-state index is 0.309. The molecule has 1 N–H and O–H groups in total. The number of esters is 1. The van der Waals surface area contributed by atoms with Crippen LogP contribution < -0.4 is 5.32 Å². The van der Waals surface area contributed by atoms with Crippen LogP contribution >= 0.6 is 11.6 Å². The SMILES string of the molecule is CS(=O)Cc1cccc(C(=O)OCC(=O)Nc2ccccc2Cl)c1. The summed E-state index contributed by atoms with van der Waals surface area (Å²) < 4.78 is 16.2. The van der Waals surface area contributed by atoms with Crippen LogP contribution in [0.15, 0.2) is 48.5 Å². The number of nitrogens with one attached hydrogen (secondary N) is 1. The monoisotopic (exact) mass is 365 g/mol. The van der Waals surface area contributed by atoms with E-state index in [4.69, 9.17) is 16.3 Å². The largest absolute Gasteiger partial charge is 0.452 e. The Bertz CT molecular complexity index is 779. The number of carbonyl (C=O) groups is 2. The number of hydrogen-bond donors (Lipinski definition) is 1. The molecule has 0 saturated carbocycles. The first-order valence-electron chi connectivity index (χ1n) is 7.06. The minimum atomic E-state index is -1.00. The van der Waals surface area contributed by atoms with Crippen molar-refractivity contribution >= 4 is 40.0 Å². The number of anilines is 1. The highest BCUT2D eigenvalue weighted by atomic mass is 35.5. The van der Waals surface area contributed by atoms with Crippen LogP contribution in [0, 0.1) is 0 Å². The molecular formula is C17H16ClNO4S. The zero-order valence-corrected chi connectivity index (χ0v) is 14.5. The summed E-state index contributed by atoms with van der Waals surface area (Å²) in [7, 11) is -1.00. The molecule has 7 heteroatoms. The van der Waals surface area contributed by atoms with Gasteiger partial charge in [0.2, 0.25) is 0 Å². The lowest BCUT2D eigenvalue weighted by atomic mass is 10.1. The molecule has 2 rings (SSSR count). The predicted octanol–water partition coefficient (Wildman–Crippen LogP) is 3.01. The number of carbonyl (C=O) groups excluding carboxylic acids is 2. The molecular weight excluding hydrogens is 350 g/mol. The summed E-state index contributed by atoms with van der Waals surface area (Å²) in [6.07, 6.45) is 1.59. The highest BCUT2D eigenvalue weighted by Crippen LogP contribution is 2.20. The molecule has 24 heavy (non-hydrogen) atoms. The van der Waals surface area contributed by atoms with Crippen molar-refractivity contribution in [2.45, 2.75) is 5.75 Å². The van der Waals surface area contributed by atoms with E-state index in [2.05, 4.69) is 5.32 Å². The Hall–Kier alpha value is -2.18. The number of amides is 1. The summed E-state index contributed by atoms with van der Waals surface area (Å²) in [5, 5.41) is 2.97. The molecule has 0 bridgehead atoms. The molecule has 126 valence electrons. The van der Waals surface area contributed by atoms with Crippen LogP contribution in [0.1, 0.15) is 15.9 Å². The summed E-state index contributed by atoms with van der Waals surface area (Å²) in [6, 6.07) is 13.4. The standard InChI is InChI=1S/C17H16ClNO4S/c1-24(22)11-12-5-4-6-13(9-12)17(21)23-10-16(20)19-15-8-3-2-7-14(15)18/h2-9H,10-11H2,1H3,(H,19,20). The minimum Gasteiger partial charge on any atom is -0.452 e. The fourth-order valence-corrected chi connectivity index (χ4v) is 2.82. The number of benzene rings is 2. The molecule has 1 amide bonds. The normalized spacial score (nSPS) is 11.6. The predicted molar refractivity (Wildman–Crippen MR) is 94.6 cm³/mol. The van der Waals surface area contributed by atoms with Crippen LogP contribution in [0.2, 0.25) is 5.02 Å². The van der Waals surface area contributed by atoms with Gasteiger partial charge in [-0.3, -0.25) is 9.00 Å². The van der Waals surface area contributed by atoms with E-state index in [1.54, 1.807) is 54.8 Å². The summed E-state index contributed by atoms with van der Waals surface area (Å²) in [5.41, 5.74) is 1.53. The smallest absolute Gasteiger partial charge is 0.338 e. The first kappa shape index (κ1) is 18.2. The van der Waals surface area contributed by atoms with Crippen molar-refractivity contribution in [1.29, 1.82) is 0 Å². The second-order valence-corrected chi connectivity index (χ2v) is 6.86. The van der Waals surface area contributed by atoms with Crippen molar-refractivity contribution in [2.24, 2.45) is 0 Å². The lowest BCUT2D eigenvalue weighted by Gasteiger charge is -2.08. The lowest BCUT2D eigenvalue weighted by Crippen LogP contribution is -2.21. The van der Waals surface area contributed by atoms with E-state index in [9.17, 15) is 13.8 Å². The van der Waals surface area contributed by atoms with Crippen molar-refractivity contribution in [3.63, 3.8) is 0 Å². The first-order chi connectivity index (χ1) is 11.5. The van der Waals surface area contributed by atoms with Gasteiger partial charge in [0.1, 0.15) is 0 Å². The molecule has 0 radical (unpaired) electrons. The van der Waals surface area contributed by atoms with Crippen LogP contribution in [0.4, 0.5) is 5.69 Å². The Kier molecular flexibility index (Phi) is 6.52. The molecule has 1 unspecified atom stereocenters. The second kappa shape index (κ2) is 8.61. The zero-order chi connectivity index (χ0) is 17.5. The van der Waals surface area contributed by atoms with E-state index in [0.29, 0.717) is 22.0 Å². The van der Waals surface area contributed by atoms with E-state index in [0.717, 1.165) is 5.56 Å². The third-order valence-electron chi connectivity index (χ3n) is 3.01. The van der Waals surface area contributed by atoms with Crippen molar-refractivity contribution in [3.8, 4) is 0 Å². The van der Waals surface area contributed by atoms with Gasteiger partial charge in [0, 0.05) is 22.8 Å². The Morgan fingerprint density at radius 1 is 1.17 bits per heavy atom. The Balaban J connectivity index is 1.92. The van der Waals surface area contributed by atoms with Crippen molar-refractivity contribution in [1.82, 2.24) is 0 Å². The molecule has 2 aromatic carbocycles. The maximum atomic E-state index is 12.0. The second-order valence-electron chi connectivity index (χ2n) is 5.02. The van der Waals surface area contributed by atoms with Crippen LogP contribution in [0.25, 0.3) is 0 Å². The lowest BCUT2D eigenvalue weighted by molar-refractivity contribution is -0.119. The summed E-state index contributed by atoms with van der Waals surface area (Å²) in [6.45, 7) is -0.423. The van der Waals surface area contributed by atoms with Gasteiger partial charge >= 0.3 is 5.97 Å².